The maximum atomic E-state index is 11.8. The normalized spacial score (nSPS) is 17.1. The van der Waals surface area contributed by atoms with Gasteiger partial charge in [-0.15, -0.1) is 0 Å². The van der Waals surface area contributed by atoms with Crippen molar-refractivity contribution in [3.63, 3.8) is 0 Å². The number of ether oxygens (including phenoxy) is 1. The summed E-state index contributed by atoms with van der Waals surface area (Å²) < 4.78 is 4.92. The minimum absolute atomic E-state index is 0.0392. The molecular weight excluding hydrogens is 254 g/mol. The Bertz CT molecular complexity index is 484. The van der Waals surface area contributed by atoms with Gasteiger partial charge in [0.15, 0.2) is 6.61 Å². The summed E-state index contributed by atoms with van der Waals surface area (Å²) in [6.45, 7) is 1.72. The van der Waals surface area contributed by atoms with Crippen LogP contribution in [0.15, 0.2) is 24.3 Å². The quantitative estimate of drug-likeness (QED) is 0.840. The Labute approximate surface area is 119 Å². The van der Waals surface area contributed by atoms with E-state index in [9.17, 15) is 9.59 Å². The van der Waals surface area contributed by atoms with Crippen LogP contribution >= 0.6 is 0 Å². The van der Waals surface area contributed by atoms with E-state index in [0.29, 0.717) is 6.42 Å². The standard InChI is InChI=1S/C16H21NO3/c1-2-6-16(19)20-11-15(18)17-14-10-5-8-12-7-3-4-9-13(12)14/h3-4,7,9,14H,2,5-6,8,10-11H2,1H3,(H,17,18). The zero-order valence-corrected chi connectivity index (χ0v) is 11.9. The van der Waals surface area contributed by atoms with Crippen LogP contribution in [0.25, 0.3) is 0 Å². The Kier molecular flexibility index (Phi) is 5.16. The van der Waals surface area contributed by atoms with Crippen LogP contribution in [0, 0.1) is 0 Å². The van der Waals surface area contributed by atoms with Crippen molar-refractivity contribution in [2.75, 3.05) is 6.61 Å². The number of carbonyl (C=O) groups excluding carboxylic acids is 2. The Balaban J connectivity index is 1.88. The van der Waals surface area contributed by atoms with E-state index in [2.05, 4.69) is 17.4 Å². The highest BCUT2D eigenvalue weighted by molar-refractivity contribution is 5.80. The fourth-order valence-corrected chi connectivity index (χ4v) is 2.56. The molecule has 1 aliphatic carbocycles. The highest BCUT2D eigenvalue weighted by atomic mass is 16.5. The lowest BCUT2D eigenvalue weighted by Crippen LogP contribution is -2.34. The molecule has 0 spiro atoms. The monoisotopic (exact) mass is 275 g/mol. The second-order valence-electron chi connectivity index (χ2n) is 5.12. The first-order valence-corrected chi connectivity index (χ1v) is 7.23. The predicted molar refractivity (Wildman–Crippen MR) is 76.1 cm³/mol. The smallest absolute Gasteiger partial charge is 0.306 e. The summed E-state index contributed by atoms with van der Waals surface area (Å²) in [6, 6.07) is 8.22. The molecule has 0 aliphatic heterocycles. The number of rotatable bonds is 5. The zero-order valence-electron chi connectivity index (χ0n) is 11.9. The third-order valence-electron chi connectivity index (χ3n) is 3.52. The summed E-state index contributed by atoms with van der Waals surface area (Å²) in [5.41, 5.74) is 2.49. The average molecular weight is 275 g/mol. The summed E-state index contributed by atoms with van der Waals surface area (Å²) in [6.07, 6.45) is 4.16. The van der Waals surface area contributed by atoms with E-state index in [4.69, 9.17) is 4.74 Å². The van der Waals surface area contributed by atoms with Crippen LogP contribution in [0.5, 0.6) is 0 Å². The SMILES string of the molecule is CCCC(=O)OCC(=O)NC1CCCc2ccccc21. The topological polar surface area (TPSA) is 55.4 Å². The Hall–Kier alpha value is -1.84. The van der Waals surface area contributed by atoms with E-state index in [1.54, 1.807) is 0 Å². The third kappa shape index (κ3) is 3.83. The second-order valence-corrected chi connectivity index (χ2v) is 5.12. The van der Waals surface area contributed by atoms with Gasteiger partial charge >= 0.3 is 5.97 Å². The summed E-state index contributed by atoms with van der Waals surface area (Å²) >= 11 is 0. The van der Waals surface area contributed by atoms with Crippen LogP contribution in [-0.2, 0) is 20.7 Å². The molecule has 1 unspecified atom stereocenters. The summed E-state index contributed by atoms with van der Waals surface area (Å²) in [7, 11) is 0. The van der Waals surface area contributed by atoms with Gasteiger partial charge in [-0.25, -0.2) is 0 Å². The van der Waals surface area contributed by atoms with E-state index in [1.165, 1.54) is 11.1 Å². The number of fused-ring (bicyclic) bond motifs is 1. The lowest BCUT2D eigenvalue weighted by molar-refractivity contribution is -0.148. The van der Waals surface area contributed by atoms with Gasteiger partial charge in [0.1, 0.15) is 0 Å². The van der Waals surface area contributed by atoms with Crippen molar-refractivity contribution in [1.82, 2.24) is 5.32 Å². The molecule has 0 saturated carbocycles. The number of esters is 1. The van der Waals surface area contributed by atoms with Crippen LogP contribution in [0.1, 0.15) is 49.8 Å². The van der Waals surface area contributed by atoms with Gasteiger partial charge in [-0.3, -0.25) is 9.59 Å². The molecule has 0 fully saturated rings. The van der Waals surface area contributed by atoms with Crippen molar-refractivity contribution in [2.24, 2.45) is 0 Å². The summed E-state index contributed by atoms with van der Waals surface area (Å²) in [5.74, 6) is -0.539. The fraction of sp³-hybridized carbons (Fsp3) is 0.500. The average Bonchev–Trinajstić information content (AvgIpc) is 2.46. The van der Waals surface area contributed by atoms with E-state index in [1.807, 2.05) is 19.1 Å². The minimum atomic E-state index is -0.313. The van der Waals surface area contributed by atoms with Crippen molar-refractivity contribution >= 4 is 11.9 Å². The van der Waals surface area contributed by atoms with Crippen LogP contribution in [0.3, 0.4) is 0 Å². The molecule has 1 atom stereocenters. The molecule has 0 heterocycles. The van der Waals surface area contributed by atoms with Gasteiger partial charge in [0.25, 0.3) is 5.91 Å². The van der Waals surface area contributed by atoms with Gasteiger partial charge in [-0.1, -0.05) is 31.2 Å². The number of hydrogen-bond acceptors (Lipinski definition) is 3. The first kappa shape index (κ1) is 14.6. The van der Waals surface area contributed by atoms with Gasteiger partial charge < -0.3 is 10.1 Å². The lowest BCUT2D eigenvalue weighted by atomic mass is 9.88. The number of aryl methyl sites for hydroxylation is 1. The van der Waals surface area contributed by atoms with Crippen molar-refractivity contribution in [3.05, 3.63) is 35.4 Å². The summed E-state index contributed by atoms with van der Waals surface area (Å²) in [5, 5.41) is 2.96. The molecule has 0 saturated heterocycles. The molecule has 1 N–H and O–H groups in total. The molecule has 4 heteroatoms. The first-order chi connectivity index (χ1) is 9.70. The van der Waals surface area contributed by atoms with Gasteiger partial charge in [0.2, 0.25) is 0 Å². The Morgan fingerprint density at radius 1 is 1.35 bits per heavy atom. The minimum Gasteiger partial charge on any atom is -0.456 e. The molecule has 108 valence electrons. The number of benzene rings is 1. The van der Waals surface area contributed by atoms with Crippen LogP contribution in [0.4, 0.5) is 0 Å². The van der Waals surface area contributed by atoms with E-state index in [0.717, 1.165) is 25.7 Å². The molecule has 0 radical (unpaired) electrons. The second kappa shape index (κ2) is 7.08. The molecule has 1 aromatic rings. The Morgan fingerprint density at radius 3 is 2.95 bits per heavy atom. The molecule has 1 aromatic carbocycles. The molecule has 4 nitrogen and oxygen atoms in total. The molecule has 0 aromatic heterocycles. The van der Waals surface area contributed by atoms with Gasteiger partial charge in [0.05, 0.1) is 6.04 Å². The summed E-state index contributed by atoms with van der Waals surface area (Å²) in [4.78, 5) is 23.1. The van der Waals surface area contributed by atoms with E-state index in [-0.39, 0.29) is 24.5 Å². The largest absolute Gasteiger partial charge is 0.456 e. The number of carbonyl (C=O) groups is 2. The molecule has 0 bridgehead atoms. The maximum absolute atomic E-state index is 11.8. The molecule has 2 rings (SSSR count). The highest BCUT2D eigenvalue weighted by Gasteiger charge is 2.21. The zero-order chi connectivity index (χ0) is 14.4. The van der Waals surface area contributed by atoms with Gasteiger partial charge in [-0.05, 0) is 36.8 Å². The number of hydrogen-bond donors (Lipinski definition) is 1. The number of nitrogens with one attached hydrogen (secondary N) is 1. The molecular formula is C16H21NO3. The van der Waals surface area contributed by atoms with E-state index >= 15 is 0 Å². The van der Waals surface area contributed by atoms with Crippen LogP contribution in [-0.4, -0.2) is 18.5 Å². The van der Waals surface area contributed by atoms with Crippen LogP contribution in [0.2, 0.25) is 0 Å². The number of amides is 1. The fourth-order valence-electron chi connectivity index (χ4n) is 2.56. The maximum Gasteiger partial charge on any atom is 0.306 e. The van der Waals surface area contributed by atoms with Crippen LogP contribution < -0.4 is 5.32 Å². The lowest BCUT2D eigenvalue weighted by Gasteiger charge is -2.26. The molecule has 20 heavy (non-hydrogen) atoms. The van der Waals surface area contributed by atoms with Gasteiger partial charge in [-0.2, -0.15) is 0 Å². The van der Waals surface area contributed by atoms with Crippen molar-refractivity contribution in [1.29, 1.82) is 0 Å². The highest BCUT2D eigenvalue weighted by Crippen LogP contribution is 2.29. The third-order valence-corrected chi connectivity index (χ3v) is 3.52. The molecule has 1 amide bonds. The van der Waals surface area contributed by atoms with Crippen molar-refractivity contribution < 1.29 is 14.3 Å². The van der Waals surface area contributed by atoms with Crippen molar-refractivity contribution in [2.45, 2.75) is 45.1 Å². The van der Waals surface area contributed by atoms with E-state index < -0.39 is 0 Å². The van der Waals surface area contributed by atoms with Gasteiger partial charge in [0, 0.05) is 6.42 Å². The predicted octanol–water partition coefficient (Wildman–Crippen LogP) is 2.52. The van der Waals surface area contributed by atoms with Crippen molar-refractivity contribution in [3.8, 4) is 0 Å². The molecule has 1 aliphatic rings. The first-order valence-electron chi connectivity index (χ1n) is 7.23. The Morgan fingerprint density at radius 2 is 2.15 bits per heavy atom.